The number of rotatable bonds is 7. The summed E-state index contributed by atoms with van der Waals surface area (Å²) in [6, 6.07) is 18.3. The molecule has 6 nitrogen and oxygen atoms in total. The summed E-state index contributed by atoms with van der Waals surface area (Å²) in [7, 11) is 0. The lowest BCUT2D eigenvalue weighted by Gasteiger charge is -2.38. The molecule has 2 saturated carbocycles. The molecule has 1 N–H and O–H groups in total. The lowest BCUT2D eigenvalue weighted by Crippen LogP contribution is -2.41. The molecule has 0 bridgehead atoms. The summed E-state index contributed by atoms with van der Waals surface area (Å²) in [6.45, 7) is 3.04. The number of ether oxygens (including phenoxy) is 1. The van der Waals surface area contributed by atoms with Crippen LogP contribution in [0.2, 0.25) is 0 Å². The molecule has 0 saturated heterocycles. The van der Waals surface area contributed by atoms with E-state index >= 15 is 0 Å². The molecule has 1 atom stereocenters. The first-order valence-corrected chi connectivity index (χ1v) is 12.6. The molecule has 0 radical (unpaired) electrons. The van der Waals surface area contributed by atoms with Gasteiger partial charge in [0.15, 0.2) is 5.76 Å². The minimum absolute atomic E-state index is 0.114. The van der Waals surface area contributed by atoms with Crippen LogP contribution in [0.25, 0.3) is 0 Å². The zero-order valence-electron chi connectivity index (χ0n) is 20.0. The van der Waals surface area contributed by atoms with Gasteiger partial charge in [-0.25, -0.2) is 0 Å². The zero-order chi connectivity index (χ0) is 23.9. The second-order valence-corrected chi connectivity index (χ2v) is 10.0. The van der Waals surface area contributed by atoms with Gasteiger partial charge in [0.05, 0.1) is 6.04 Å². The van der Waals surface area contributed by atoms with Gasteiger partial charge in [0.1, 0.15) is 18.1 Å². The van der Waals surface area contributed by atoms with Crippen LogP contribution in [-0.2, 0) is 17.8 Å². The standard InChI is InChI=1S/C29H30N2O4/c1-18-2-4-20(5-3-18)27-25-16-23(11-8-19(25)14-15-31(27)29(33)21-6-7-21)34-17-24-12-13-26(35-24)28(32)30-22-9-10-22/h2-5,8,11-13,16,21-22,27H,6-7,9-10,14-15,17H2,1H3,(H,30,32)/t27-/m1/s1. The maximum atomic E-state index is 13.2. The summed E-state index contributed by atoms with van der Waals surface area (Å²) in [5.74, 6) is 1.91. The molecular formula is C29H30N2O4. The fourth-order valence-corrected chi connectivity index (χ4v) is 4.81. The van der Waals surface area contributed by atoms with Crippen molar-refractivity contribution in [2.75, 3.05) is 6.54 Å². The van der Waals surface area contributed by atoms with E-state index in [0.717, 1.165) is 55.5 Å². The monoisotopic (exact) mass is 470 g/mol. The van der Waals surface area contributed by atoms with E-state index in [4.69, 9.17) is 9.15 Å². The van der Waals surface area contributed by atoms with E-state index in [1.54, 1.807) is 12.1 Å². The van der Waals surface area contributed by atoms with E-state index in [2.05, 4.69) is 53.5 Å². The zero-order valence-corrected chi connectivity index (χ0v) is 20.0. The quantitative estimate of drug-likeness (QED) is 0.531. The molecule has 6 rings (SSSR count). The third kappa shape index (κ3) is 4.70. The van der Waals surface area contributed by atoms with Crippen LogP contribution in [0.15, 0.2) is 59.0 Å². The Morgan fingerprint density at radius 2 is 1.83 bits per heavy atom. The smallest absolute Gasteiger partial charge is 0.287 e. The van der Waals surface area contributed by atoms with Crippen molar-refractivity contribution in [2.24, 2.45) is 5.92 Å². The SMILES string of the molecule is Cc1ccc([C@@H]2c3cc(OCc4ccc(C(=O)NC5CC5)o4)ccc3CCN2C(=O)C2CC2)cc1. The average molecular weight is 471 g/mol. The number of amides is 2. The molecule has 3 aliphatic rings. The Bertz CT molecular complexity index is 1250. The van der Waals surface area contributed by atoms with Crippen LogP contribution in [-0.4, -0.2) is 29.3 Å². The number of benzene rings is 2. The Morgan fingerprint density at radius 3 is 2.57 bits per heavy atom. The third-order valence-electron chi connectivity index (χ3n) is 7.13. The van der Waals surface area contributed by atoms with Gasteiger partial charge in [-0.15, -0.1) is 0 Å². The van der Waals surface area contributed by atoms with Gasteiger partial charge in [-0.3, -0.25) is 9.59 Å². The average Bonchev–Trinajstić information content (AvgIpc) is 3.81. The predicted octanol–water partition coefficient (Wildman–Crippen LogP) is 4.94. The fourth-order valence-electron chi connectivity index (χ4n) is 4.81. The lowest BCUT2D eigenvalue weighted by molar-refractivity contribution is -0.134. The minimum atomic E-state index is -0.172. The minimum Gasteiger partial charge on any atom is -0.486 e. The van der Waals surface area contributed by atoms with Crippen LogP contribution in [0.1, 0.15) is 70.3 Å². The second-order valence-electron chi connectivity index (χ2n) is 10.0. The number of aryl methyl sites for hydroxylation is 1. The maximum absolute atomic E-state index is 13.2. The van der Waals surface area contributed by atoms with E-state index in [-0.39, 0.29) is 36.4 Å². The fraction of sp³-hybridized carbons (Fsp3) is 0.379. The number of nitrogens with one attached hydrogen (secondary N) is 1. The first-order chi connectivity index (χ1) is 17.0. The Hall–Kier alpha value is -3.54. The molecule has 2 heterocycles. The highest BCUT2D eigenvalue weighted by atomic mass is 16.5. The van der Waals surface area contributed by atoms with Gasteiger partial charge >= 0.3 is 0 Å². The molecule has 1 aromatic heterocycles. The molecule has 3 aromatic rings. The molecule has 180 valence electrons. The summed E-state index contributed by atoms with van der Waals surface area (Å²) in [5.41, 5.74) is 4.70. The number of carbonyl (C=O) groups excluding carboxylic acids is 2. The molecule has 2 aromatic carbocycles. The summed E-state index contributed by atoms with van der Waals surface area (Å²) in [4.78, 5) is 27.5. The molecule has 2 aliphatic carbocycles. The molecule has 1 aliphatic heterocycles. The van der Waals surface area contributed by atoms with Crippen molar-refractivity contribution < 1.29 is 18.7 Å². The van der Waals surface area contributed by atoms with Crippen molar-refractivity contribution in [2.45, 2.75) is 57.7 Å². The van der Waals surface area contributed by atoms with Crippen molar-refractivity contribution in [1.29, 1.82) is 0 Å². The molecule has 2 fully saturated rings. The number of hydrogen-bond acceptors (Lipinski definition) is 4. The van der Waals surface area contributed by atoms with Crippen molar-refractivity contribution in [3.8, 4) is 5.75 Å². The van der Waals surface area contributed by atoms with E-state index in [9.17, 15) is 9.59 Å². The topological polar surface area (TPSA) is 71.8 Å². The Labute approximate surface area is 205 Å². The summed E-state index contributed by atoms with van der Waals surface area (Å²) in [6.07, 6.45) is 4.90. The van der Waals surface area contributed by atoms with Crippen LogP contribution >= 0.6 is 0 Å². The van der Waals surface area contributed by atoms with E-state index < -0.39 is 0 Å². The number of nitrogens with zero attached hydrogens (tertiary/aromatic N) is 1. The van der Waals surface area contributed by atoms with Gasteiger partial charge in [0.25, 0.3) is 5.91 Å². The number of furan rings is 1. The molecular weight excluding hydrogens is 440 g/mol. The summed E-state index contributed by atoms with van der Waals surface area (Å²) >= 11 is 0. The molecule has 35 heavy (non-hydrogen) atoms. The first kappa shape index (κ1) is 22.0. The number of hydrogen-bond donors (Lipinski definition) is 1. The Balaban J connectivity index is 1.23. The first-order valence-electron chi connectivity index (χ1n) is 12.6. The molecule has 6 heteroatoms. The van der Waals surface area contributed by atoms with Crippen molar-refractivity contribution >= 4 is 11.8 Å². The highest BCUT2D eigenvalue weighted by Gasteiger charge is 2.39. The highest BCUT2D eigenvalue weighted by Crippen LogP contribution is 2.41. The van der Waals surface area contributed by atoms with Crippen molar-refractivity contribution in [3.63, 3.8) is 0 Å². The number of fused-ring (bicyclic) bond motifs is 1. The second kappa shape index (κ2) is 8.91. The van der Waals surface area contributed by atoms with Crippen molar-refractivity contribution in [3.05, 3.63) is 88.4 Å². The molecule has 0 unspecified atom stereocenters. The number of carbonyl (C=O) groups is 2. The van der Waals surface area contributed by atoms with Gasteiger partial charge < -0.3 is 19.4 Å². The van der Waals surface area contributed by atoms with Crippen LogP contribution in [0, 0.1) is 12.8 Å². The van der Waals surface area contributed by atoms with Crippen LogP contribution in [0.3, 0.4) is 0 Å². The Kier molecular flexibility index (Phi) is 5.59. The van der Waals surface area contributed by atoms with Gasteiger partial charge in [-0.05, 0) is 80.0 Å². The molecule has 0 spiro atoms. The predicted molar refractivity (Wildman–Crippen MR) is 131 cm³/mol. The van der Waals surface area contributed by atoms with E-state index in [0.29, 0.717) is 11.5 Å². The van der Waals surface area contributed by atoms with E-state index in [1.807, 2.05) is 6.07 Å². The third-order valence-corrected chi connectivity index (χ3v) is 7.13. The lowest BCUT2D eigenvalue weighted by atomic mass is 9.87. The Morgan fingerprint density at radius 1 is 1.03 bits per heavy atom. The van der Waals surface area contributed by atoms with Crippen LogP contribution in [0.5, 0.6) is 5.75 Å². The van der Waals surface area contributed by atoms with Crippen LogP contribution in [0.4, 0.5) is 0 Å². The summed E-state index contributed by atoms with van der Waals surface area (Å²) in [5, 5.41) is 2.94. The highest BCUT2D eigenvalue weighted by molar-refractivity contribution is 5.91. The van der Waals surface area contributed by atoms with Gasteiger partial charge in [-0.2, -0.15) is 0 Å². The molecule has 2 amide bonds. The van der Waals surface area contributed by atoms with Gasteiger partial charge in [0.2, 0.25) is 5.91 Å². The normalized spacial score (nSPS) is 19.2. The largest absolute Gasteiger partial charge is 0.486 e. The van der Waals surface area contributed by atoms with Crippen molar-refractivity contribution in [1.82, 2.24) is 10.2 Å². The van der Waals surface area contributed by atoms with Gasteiger partial charge in [-0.1, -0.05) is 35.9 Å². The van der Waals surface area contributed by atoms with Crippen LogP contribution < -0.4 is 10.1 Å². The van der Waals surface area contributed by atoms with Gasteiger partial charge in [0, 0.05) is 18.5 Å². The summed E-state index contributed by atoms with van der Waals surface area (Å²) < 4.78 is 11.8. The maximum Gasteiger partial charge on any atom is 0.287 e. The van der Waals surface area contributed by atoms with E-state index in [1.165, 1.54) is 11.1 Å².